The zero-order valence-electron chi connectivity index (χ0n) is 16.3. The van der Waals surface area contributed by atoms with Gasteiger partial charge in [-0.05, 0) is 67.1 Å². The Morgan fingerprint density at radius 2 is 1.81 bits per heavy atom. The number of halogens is 1. The summed E-state index contributed by atoms with van der Waals surface area (Å²) in [5.74, 6) is 1.41. The maximum atomic E-state index is 13.3. The standard InChI is InChI=1S/C23H28ClNO2/c1-16(2)15-27-21-11-10-20(14-17(21)3)25-22(26)23(12-4-5-13-23)18-6-8-19(24)9-7-18/h6-11,14,16H,4-5,12-13,15H2,1-3H3,(H,25,26). The Hall–Kier alpha value is -2.00. The molecule has 2 aromatic carbocycles. The average molecular weight is 386 g/mol. The predicted octanol–water partition coefficient (Wildman–Crippen LogP) is 6.13. The molecule has 1 fully saturated rings. The van der Waals surface area contributed by atoms with Gasteiger partial charge >= 0.3 is 0 Å². The molecule has 1 aliphatic carbocycles. The van der Waals surface area contributed by atoms with E-state index in [1.807, 2.05) is 49.4 Å². The van der Waals surface area contributed by atoms with Crippen LogP contribution in [0.15, 0.2) is 42.5 Å². The molecular weight excluding hydrogens is 358 g/mol. The Morgan fingerprint density at radius 3 is 2.41 bits per heavy atom. The van der Waals surface area contributed by atoms with Crippen molar-refractivity contribution in [3.8, 4) is 5.75 Å². The number of hydrogen-bond acceptors (Lipinski definition) is 2. The van der Waals surface area contributed by atoms with Gasteiger partial charge in [0, 0.05) is 10.7 Å². The van der Waals surface area contributed by atoms with E-state index < -0.39 is 5.41 Å². The molecule has 1 aliphatic rings. The van der Waals surface area contributed by atoms with Gasteiger partial charge in [0.1, 0.15) is 5.75 Å². The van der Waals surface area contributed by atoms with Crippen molar-refractivity contribution in [3.63, 3.8) is 0 Å². The van der Waals surface area contributed by atoms with Crippen molar-refractivity contribution in [2.24, 2.45) is 5.92 Å². The van der Waals surface area contributed by atoms with Gasteiger partial charge in [0.15, 0.2) is 0 Å². The molecule has 4 heteroatoms. The molecular formula is C23H28ClNO2. The van der Waals surface area contributed by atoms with E-state index in [1.165, 1.54) is 0 Å². The van der Waals surface area contributed by atoms with E-state index in [9.17, 15) is 4.79 Å². The van der Waals surface area contributed by atoms with Crippen molar-refractivity contribution in [2.75, 3.05) is 11.9 Å². The first-order chi connectivity index (χ1) is 12.9. The van der Waals surface area contributed by atoms with Gasteiger partial charge in [0.25, 0.3) is 0 Å². The van der Waals surface area contributed by atoms with Gasteiger partial charge < -0.3 is 10.1 Å². The molecule has 0 unspecified atom stereocenters. The molecule has 0 aliphatic heterocycles. The summed E-state index contributed by atoms with van der Waals surface area (Å²) in [5, 5.41) is 3.84. The number of ether oxygens (including phenoxy) is 1. The van der Waals surface area contributed by atoms with E-state index >= 15 is 0 Å². The van der Waals surface area contributed by atoms with E-state index in [0.29, 0.717) is 17.5 Å². The summed E-state index contributed by atoms with van der Waals surface area (Å²) in [6, 6.07) is 13.6. The second kappa shape index (κ2) is 8.35. The largest absolute Gasteiger partial charge is 0.493 e. The number of benzene rings is 2. The smallest absolute Gasteiger partial charge is 0.235 e. The second-order valence-electron chi connectivity index (χ2n) is 7.94. The molecule has 0 heterocycles. The molecule has 2 aromatic rings. The Morgan fingerprint density at radius 1 is 1.15 bits per heavy atom. The molecule has 0 spiro atoms. The minimum absolute atomic E-state index is 0.0672. The molecule has 3 rings (SSSR count). The second-order valence-corrected chi connectivity index (χ2v) is 8.37. The maximum Gasteiger partial charge on any atom is 0.235 e. The normalized spacial score (nSPS) is 15.7. The highest BCUT2D eigenvalue weighted by molar-refractivity contribution is 6.30. The van der Waals surface area contributed by atoms with Crippen LogP contribution in [0.25, 0.3) is 0 Å². The Bertz CT molecular complexity index is 793. The number of aryl methyl sites for hydroxylation is 1. The number of rotatable bonds is 6. The van der Waals surface area contributed by atoms with E-state index in [2.05, 4.69) is 19.2 Å². The molecule has 0 bridgehead atoms. The van der Waals surface area contributed by atoms with Crippen LogP contribution < -0.4 is 10.1 Å². The molecule has 27 heavy (non-hydrogen) atoms. The number of amides is 1. The minimum Gasteiger partial charge on any atom is -0.493 e. The van der Waals surface area contributed by atoms with Crippen LogP contribution in [0, 0.1) is 12.8 Å². The third-order valence-corrected chi connectivity index (χ3v) is 5.55. The van der Waals surface area contributed by atoms with Crippen LogP contribution >= 0.6 is 11.6 Å². The van der Waals surface area contributed by atoms with Gasteiger partial charge in [0.2, 0.25) is 5.91 Å². The molecule has 0 saturated heterocycles. The lowest BCUT2D eigenvalue weighted by atomic mass is 9.78. The van der Waals surface area contributed by atoms with Crippen molar-refractivity contribution >= 4 is 23.2 Å². The summed E-state index contributed by atoms with van der Waals surface area (Å²) in [4.78, 5) is 13.3. The monoisotopic (exact) mass is 385 g/mol. The summed E-state index contributed by atoms with van der Waals surface area (Å²) in [6.07, 6.45) is 3.87. The topological polar surface area (TPSA) is 38.3 Å². The van der Waals surface area contributed by atoms with E-state index in [1.54, 1.807) is 0 Å². The number of carbonyl (C=O) groups is 1. The van der Waals surface area contributed by atoms with Crippen LogP contribution in [0.1, 0.15) is 50.7 Å². The lowest BCUT2D eigenvalue weighted by Crippen LogP contribution is -2.38. The average Bonchev–Trinajstić information content (AvgIpc) is 3.12. The molecule has 0 radical (unpaired) electrons. The number of anilines is 1. The van der Waals surface area contributed by atoms with Crippen LogP contribution in [-0.2, 0) is 10.2 Å². The van der Waals surface area contributed by atoms with Gasteiger partial charge in [-0.1, -0.05) is 50.4 Å². The number of carbonyl (C=O) groups excluding carboxylic acids is 1. The quantitative estimate of drug-likeness (QED) is 0.649. The summed E-state index contributed by atoms with van der Waals surface area (Å²) < 4.78 is 5.83. The molecule has 144 valence electrons. The molecule has 0 atom stereocenters. The summed E-state index contributed by atoms with van der Waals surface area (Å²) >= 11 is 6.04. The Kier molecular flexibility index (Phi) is 6.11. The van der Waals surface area contributed by atoms with Crippen molar-refractivity contribution in [1.29, 1.82) is 0 Å². The van der Waals surface area contributed by atoms with Gasteiger partial charge in [-0.3, -0.25) is 4.79 Å². The van der Waals surface area contributed by atoms with Gasteiger partial charge in [-0.2, -0.15) is 0 Å². The van der Waals surface area contributed by atoms with Crippen LogP contribution in [-0.4, -0.2) is 12.5 Å². The zero-order chi connectivity index (χ0) is 19.4. The summed E-state index contributed by atoms with van der Waals surface area (Å²) in [6.45, 7) is 6.95. The zero-order valence-corrected chi connectivity index (χ0v) is 17.1. The van der Waals surface area contributed by atoms with E-state index in [4.69, 9.17) is 16.3 Å². The summed E-state index contributed by atoms with van der Waals surface area (Å²) in [5.41, 5.74) is 2.43. The number of nitrogens with one attached hydrogen (secondary N) is 1. The fourth-order valence-corrected chi connectivity index (χ4v) is 3.92. The maximum absolute atomic E-state index is 13.3. The first-order valence-corrected chi connectivity index (χ1v) is 10.1. The van der Waals surface area contributed by atoms with Gasteiger partial charge in [0.05, 0.1) is 12.0 Å². The molecule has 0 aromatic heterocycles. The third kappa shape index (κ3) is 4.47. The molecule has 1 amide bonds. The number of hydrogen-bond donors (Lipinski definition) is 1. The summed E-state index contributed by atoms with van der Waals surface area (Å²) in [7, 11) is 0. The minimum atomic E-state index is -0.467. The first kappa shape index (κ1) is 19.8. The fraction of sp³-hybridized carbons (Fsp3) is 0.435. The van der Waals surface area contributed by atoms with E-state index in [0.717, 1.165) is 48.2 Å². The highest BCUT2D eigenvalue weighted by atomic mass is 35.5. The first-order valence-electron chi connectivity index (χ1n) is 9.72. The van der Waals surface area contributed by atoms with Crippen LogP contribution in [0.3, 0.4) is 0 Å². The Labute approximate surface area is 167 Å². The third-order valence-electron chi connectivity index (χ3n) is 5.29. The fourth-order valence-electron chi connectivity index (χ4n) is 3.79. The van der Waals surface area contributed by atoms with E-state index in [-0.39, 0.29) is 5.91 Å². The molecule has 1 N–H and O–H groups in total. The van der Waals surface area contributed by atoms with Crippen LogP contribution in [0.4, 0.5) is 5.69 Å². The highest BCUT2D eigenvalue weighted by Crippen LogP contribution is 2.42. The molecule has 1 saturated carbocycles. The van der Waals surface area contributed by atoms with Gasteiger partial charge in [-0.15, -0.1) is 0 Å². The van der Waals surface area contributed by atoms with Crippen LogP contribution in [0.5, 0.6) is 5.75 Å². The predicted molar refractivity (Wildman–Crippen MR) is 112 cm³/mol. The lowest BCUT2D eigenvalue weighted by Gasteiger charge is -2.28. The Balaban J connectivity index is 1.78. The van der Waals surface area contributed by atoms with Crippen molar-refractivity contribution in [3.05, 3.63) is 58.6 Å². The lowest BCUT2D eigenvalue weighted by molar-refractivity contribution is -0.121. The molecule has 3 nitrogen and oxygen atoms in total. The van der Waals surface area contributed by atoms with Crippen molar-refractivity contribution in [2.45, 2.75) is 51.9 Å². The van der Waals surface area contributed by atoms with Crippen LogP contribution in [0.2, 0.25) is 5.02 Å². The van der Waals surface area contributed by atoms with Crippen molar-refractivity contribution < 1.29 is 9.53 Å². The SMILES string of the molecule is Cc1cc(NC(=O)C2(c3ccc(Cl)cc3)CCCC2)ccc1OCC(C)C. The highest BCUT2D eigenvalue weighted by Gasteiger charge is 2.42. The van der Waals surface area contributed by atoms with Gasteiger partial charge in [-0.25, -0.2) is 0 Å². The van der Waals surface area contributed by atoms with Crippen molar-refractivity contribution in [1.82, 2.24) is 0 Å².